The van der Waals surface area contributed by atoms with Gasteiger partial charge in [0.25, 0.3) is 0 Å². The highest BCUT2D eigenvalue weighted by Crippen LogP contribution is 2.45. The first-order valence-electron chi connectivity index (χ1n) is 17.4. The van der Waals surface area contributed by atoms with Crippen molar-refractivity contribution in [3.05, 3.63) is 45.7 Å². The number of fused-ring (bicyclic) bond motifs is 3. The minimum Gasteiger partial charge on any atom is -0.493 e. The van der Waals surface area contributed by atoms with Gasteiger partial charge in [-0.2, -0.15) is 0 Å². The molecule has 14 nitrogen and oxygen atoms in total. The van der Waals surface area contributed by atoms with Crippen molar-refractivity contribution in [2.24, 2.45) is 5.41 Å². The molecular formula is C37H53N3O11. The van der Waals surface area contributed by atoms with Crippen molar-refractivity contribution in [1.29, 1.82) is 0 Å². The zero-order valence-corrected chi connectivity index (χ0v) is 31.1. The molecule has 1 saturated heterocycles. The molecule has 1 aromatic carbocycles. The van der Waals surface area contributed by atoms with Crippen LogP contribution in [0.5, 0.6) is 11.5 Å². The molecule has 0 aliphatic carbocycles. The molecule has 282 valence electrons. The van der Waals surface area contributed by atoms with E-state index in [0.717, 1.165) is 11.1 Å². The number of esters is 1. The first-order chi connectivity index (χ1) is 24.0. The highest BCUT2D eigenvalue weighted by Gasteiger charge is 2.36. The molecule has 1 fully saturated rings. The van der Waals surface area contributed by atoms with Gasteiger partial charge < -0.3 is 43.0 Å². The molecule has 1 amide bonds. The van der Waals surface area contributed by atoms with E-state index < -0.39 is 35.1 Å². The van der Waals surface area contributed by atoms with Crippen LogP contribution >= 0.6 is 0 Å². The van der Waals surface area contributed by atoms with Gasteiger partial charge in [-0.3, -0.25) is 14.5 Å². The van der Waals surface area contributed by atoms with Crippen LogP contribution in [0.3, 0.4) is 0 Å². The number of piperazine rings is 1. The number of aromatic nitrogens is 1. The molecule has 0 radical (unpaired) electrons. The van der Waals surface area contributed by atoms with Crippen LogP contribution in [0.25, 0.3) is 11.3 Å². The van der Waals surface area contributed by atoms with Gasteiger partial charge >= 0.3 is 18.0 Å². The van der Waals surface area contributed by atoms with Crippen LogP contribution in [-0.4, -0.2) is 122 Å². The number of nitrogens with zero attached hydrogens (tertiary/aromatic N) is 3. The molecule has 0 spiro atoms. The quantitative estimate of drug-likeness (QED) is 0.220. The number of carboxylic acid groups (broad SMARTS) is 1. The van der Waals surface area contributed by atoms with Crippen LogP contribution in [0.2, 0.25) is 0 Å². The fourth-order valence-corrected chi connectivity index (χ4v) is 6.23. The Hall–Kier alpha value is -4.14. The fourth-order valence-electron chi connectivity index (χ4n) is 6.23. The van der Waals surface area contributed by atoms with Crippen LogP contribution in [0.15, 0.2) is 29.2 Å². The van der Waals surface area contributed by atoms with Gasteiger partial charge in [-0.05, 0) is 57.2 Å². The maximum Gasteiger partial charge on any atom is 0.410 e. The van der Waals surface area contributed by atoms with Crippen molar-refractivity contribution in [2.45, 2.75) is 72.6 Å². The number of ether oxygens (including phenoxy) is 6. The van der Waals surface area contributed by atoms with E-state index in [-0.39, 0.29) is 36.8 Å². The lowest BCUT2D eigenvalue weighted by Gasteiger charge is -2.39. The van der Waals surface area contributed by atoms with Crippen molar-refractivity contribution in [2.75, 3.05) is 72.9 Å². The summed E-state index contributed by atoms with van der Waals surface area (Å²) < 4.78 is 35.7. The standard InChI is InChI=1S/C37H53N3O11/c1-9-49-34(44)26-22-40-27(21-29(26)41)25-20-30(46-8)31(18-24(25)19-32(40)36(2,3)4)50-17-16-48-15-14-47-13-12-38-10-11-39(23-28(38)33(42)43)35(45)51-37(5,6)7/h18,20-22,28,32H,9-17,19,23H2,1-8H3,(H,42,43). The molecule has 2 atom stereocenters. The van der Waals surface area contributed by atoms with Gasteiger partial charge in [0, 0.05) is 43.5 Å². The third-order valence-corrected chi connectivity index (χ3v) is 8.80. The zero-order valence-electron chi connectivity index (χ0n) is 31.1. The Balaban J connectivity index is 1.27. The van der Waals surface area contributed by atoms with Crippen LogP contribution in [0, 0.1) is 5.41 Å². The van der Waals surface area contributed by atoms with Gasteiger partial charge in [0.2, 0.25) is 0 Å². The largest absolute Gasteiger partial charge is 0.493 e. The van der Waals surface area contributed by atoms with E-state index in [9.17, 15) is 24.3 Å². The number of carboxylic acids is 1. The molecule has 0 saturated carbocycles. The highest BCUT2D eigenvalue weighted by atomic mass is 16.6. The molecule has 2 unspecified atom stereocenters. The number of hydrogen-bond acceptors (Lipinski definition) is 11. The van der Waals surface area contributed by atoms with Crippen LogP contribution in [0.1, 0.15) is 70.4 Å². The summed E-state index contributed by atoms with van der Waals surface area (Å²) in [5.41, 5.74) is 1.29. The van der Waals surface area contributed by atoms with E-state index >= 15 is 0 Å². The smallest absolute Gasteiger partial charge is 0.410 e. The molecule has 2 aromatic rings. The van der Waals surface area contributed by atoms with Gasteiger partial charge in [0.15, 0.2) is 16.9 Å². The van der Waals surface area contributed by atoms with Crippen LogP contribution in [-0.2, 0) is 30.2 Å². The predicted molar refractivity (Wildman–Crippen MR) is 189 cm³/mol. The Labute approximate surface area is 299 Å². The lowest BCUT2D eigenvalue weighted by Crippen LogP contribution is -2.58. The number of methoxy groups -OCH3 is 1. The summed E-state index contributed by atoms with van der Waals surface area (Å²) in [5, 5.41) is 9.74. The lowest BCUT2D eigenvalue weighted by atomic mass is 9.78. The molecule has 14 heteroatoms. The van der Waals surface area contributed by atoms with Crippen molar-refractivity contribution >= 4 is 18.0 Å². The van der Waals surface area contributed by atoms with E-state index in [2.05, 4.69) is 20.8 Å². The Morgan fingerprint density at radius 3 is 2.24 bits per heavy atom. The van der Waals surface area contributed by atoms with Crippen molar-refractivity contribution in [1.82, 2.24) is 14.4 Å². The highest BCUT2D eigenvalue weighted by molar-refractivity contribution is 5.89. The first kappa shape index (κ1) is 39.6. The Kier molecular flexibility index (Phi) is 13.2. The normalized spacial score (nSPS) is 17.7. The number of pyridine rings is 1. The Bertz CT molecular complexity index is 1610. The second-order valence-corrected chi connectivity index (χ2v) is 14.7. The average Bonchev–Trinajstić information content (AvgIpc) is 3.05. The molecule has 1 aromatic heterocycles. The number of rotatable bonds is 14. The maximum absolute atomic E-state index is 13.0. The number of benzene rings is 1. The number of carbonyl (C=O) groups excluding carboxylic acids is 2. The summed E-state index contributed by atoms with van der Waals surface area (Å²) in [7, 11) is 1.56. The van der Waals surface area contributed by atoms with Crippen molar-refractivity contribution < 1.29 is 47.9 Å². The molecule has 1 N–H and O–H groups in total. The molecule has 2 aliphatic rings. The predicted octanol–water partition coefficient (Wildman–Crippen LogP) is 4.26. The molecule has 0 bridgehead atoms. The van der Waals surface area contributed by atoms with Gasteiger partial charge in [-0.1, -0.05) is 20.8 Å². The van der Waals surface area contributed by atoms with Gasteiger partial charge in [0.05, 0.1) is 52.4 Å². The third-order valence-electron chi connectivity index (χ3n) is 8.80. The Morgan fingerprint density at radius 2 is 1.61 bits per heavy atom. The Morgan fingerprint density at radius 1 is 0.922 bits per heavy atom. The molecule has 2 aliphatic heterocycles. The van der Waals surface area contributed by atoms with Gasteiger partial charge in [0.1, 0.15) is 23.8 Å². The van der Waals surface area contributed by atoms with E-state index in [4.69, 9.17) is 28.4 Å². The van der Waals surface area contributed by atoms with Gasteiger partial charge in [-0.25, -0.2) is 9.59 Å². The first-order valence-corrected chi connectivity index (χ1v) is 17.4. The molecule has 4 rings (SSSR count). The number of hydrogen-bond donors (Lipinski definition) is 1. The second-order valence-electron chi connectivity index (χ2n) is 14.7. The number of amides is 1. The van der Waals surface area contributed by atoms with Gasteiger partial charge in [-0.15, -0.1) is 0 Å². The minimum atomic E-state index is -0.999. The van der Waals surface area contributed by atoms with E-state index in [1.165, 1.54) is 11.0 Å². The second kappa shape index (κ2) is 16.9. The third kappa shape index (κ3) is 10.2. The van der Waals surface area contributed by atoms with Crippen LogP contribution < -0.4 is 14.9 Å². The summed E-state index contributed by atoms with van der Waals surface area (Å²) in [6.45, 7) is 16.3. The van der Waals surface area contributed by atoms with E-state index in [1.807, 2.05) is 16.7 Å². The summed E-state index contributed by atoms with van der Waals surface area (Å²) in [5.74, 6) is -0.567. The maximum atomic E-state index is 13.0. The molecule has 3 heterocycles. The fraction of sp³-hybridized carbons (Fsp3) is 0.622. The zero-order chi connectivity index (χ0) is 37.5. The summed E-state index contributed by atoms with van der Waals surface area (Å²) >= 11 is 0. The SMILES string of the molecule is CCOC(=O)c1cn2c(cc1=O)-c1cc(OC)c(OCCOCCOCCN3CCN(C(=O)OC(C)(C)C)CC3C(=O)O)cc1CC2C(C)(C)C. The average molecular weight is 716 g/mol. The minimum absolute atomic E-state index is 0.0117. The van der Waals surface area contributed by atoms with Crippen molar-refractivity contribution in [3.63, 3.8) is 0 Å². The van der Waals surface area contributed by atoms with E-state index in [1.54, 1.807) is 45.9 Å². The molecule has 51 heavy (non-hydrogen) atoms. The van der Waals surface area contributed by atoms with E-state index in [0.29, 0.717) is 69.7 Å². The van der Waals surface area contributed by atoms with Crippen molar-refractivity contribution in [3.8, 4) is 22.8 Å². The number of aliphatic carboxylic acids is 1. The summed E-state index contributed by atoms with van der Waals surface area (Å²) in [6.07, 6.45) is 1.76. The topological polar surface area (TPSA) is 155 Å². The number of carbonyl (C=O) groups is 3. The summed E-state index contributed by atoms with van der Waals surface area (Å²) in [4.78, 5) is 53.1. The van der Waals surface area contributed by atoms with Crippen LogP contribution in [0.4, 0.5) is 4.79 Å². The molecular weight excluding hydrogens is 662 g/mol. The lowest BCUT2D eigenvalue weighted by molar-refractivity contribution is -0.146. The monoisotopic (exact) mass is 715 g/mol. The summed E-state index contributed by atoms with van der Waals surface area (Å²) in [6, 6.07) is 4.41.